The summed E-state index contributed by atoms with van der Waals surface area (Å²) in [5.74, 6) is 1.22. The minimum absolute atomic E-state index is 0.0376. The Hall–Kier alpha value is -2.98. The predicted octanol–water partition coefficient (Wildman–Crippen LogP) is 3.66. The van der Waals surface area contributed by atoms with E-state index in [0.717, 1.165) is 37.9 Å². The van der Waals surface area contributed by atoms with Crippen molar-refractivity contribution in [3.05, 3.63) is 35.7 Å². The van der Waals surface area contributed by atoms with Crippen molar-refractivity contribution >= 4 is 44.1 Å². The molecule has 0 radical (unpaired) electrons. The maximum atomic E-state index is 12.7. The van der Waals surface area contributed by atoms with E-state index in [1.165, 1.54) is 6.26 Å². The number of pyridine rings is 1. The molecule has 0 spiro atoms. The predicted molar refractivity (Wildman–Crippen MR) is 126 cm³/mol. The Morgan fingerprint density at radius 1 is 1.15 bits per heavy atom. The van der Waals surface area contributed by atoms with E-state index in [-0.39, 0.29) is 22.6 Å². The van der Waals surface area contributed by atoms with Crippen LogP contribution in [0.15, 0.2) is 29.2 Å². The molecule has 1 saturated heterocycles. The topological polar surface area (TPSA) is 126 Å². The van der Waals surface area contributed by atoms with E-state index < -0.39 is 9.84 Å². The van der Waals surface area contributed by atoms with Gasteiger partial charge in [-0.15, -0.1) is 0 Å². The third kappa shape index (κ3) is 4.72. The number of aryl methyl sites for hydroxylation is 1. The summed E-state index contributed by atoms with van der Waals surface area (Å²) in [6.07, 6.45) is 4.91. The summed E-state index contributed by atoms with van der Waals surface area (Å²) >= 11 is 0. The van der Waals surface area contributed by atoms with Crippen LogP contribution in [0.2, 0.25) is 0 Å². The van der Waals surface area contributed by atoms with E-state index in [2.05, 4.69) is 25.6 Å². The average molecular weight is 470 g/mol. The summed E-state index contributed by atoms with van der Waals surface area (Å²) in [4.78, 5) is 24.6. The second-order valence-electron chi connectivity index (χ2n) is 8.90. The van der Waals surface area contributed by atoms with Crippen molar-refractivity contribution in [3.63, 3.8) is 0 Å². The number of fused-ring (bicyclic) bond motifs is 1. The van der Waals surface area contributed by atoms with E-state index >= 15 is 0 Å². The van der Waals surface area contributed by atoms with Crippen LogP contribution in [0.5, 0.6) is 0 Å². The Kier molecular flexibility index (Phi) is 5.57. The third-order valence-electron chi connectivity index (χ3n) is 6.08. The van der Waals surface area contributed by atoms with Crippen molar-refractivity contribution in [2.75, 3.05) is 30.1 Å². The van der Waals surface area contributed by atoms with Crippen LogP contribution in [0.25, 0.3) is 11.2 Å². The Morgan fingerprint density at radius 2 is 1.97 bits per heavy atom. The second-order valence-corrected chi connectivity index (χ2v) is 10.9. The molecule has 2 aromatic heterocycles. The fourth-order valence-electron chi connectivity index (χ4n) is 4.19. The molecule has 1 aliphatic heterocycles. The number of aromatic nitrogens is 3. The molecule has 3 heterocycles. The van der Waals surface area contributed by atoms with Crippen LogP contribution >= 0.6 is 0 Å². The molecule has 0 bridgehead atoms. The first kappa shape index (κ1) is 21.8. The molecule has 3 aromatic rings. The van der Waals surface area contributed by atoms with Crippen LogP contribution in [0.1, 0.15) is 43.0 Å². The average Bonchev–Trinajstić information content (AvgIpc) is 3.56. The lowest BCUT2D eigenvalue weighted by atomic mass is 9.93. The van der Waals surface area contributed by atoms with E-state index in [0.29, 0.717) is 40.8 Å². The van der Waals surface area contributed by atoms with Crippen LogP contribution in [0, 0.1) is 12.8 Å². The van der Waals surface area contributed by atoms with Gasteiger partial charge in [-0.2, -0.15) is 0 Å². The largest absolute Gasteiger partial charge is 0.381 e. The van der Waals surface area contributed by atoms with E-state index in [1.807, 2.05) is 13.0 Å². The quantitative estimate of drug-likeness (QED) is 0.503. The lowest BCUT2D eigenvalue weighted by Gasteiger charge is -2.23. The third-order valence-corrected chi connectivity index (χ3v) is 7.21. The van der Waals surface area contributed by atoms with Gasteiger partial charge in [0, 0.05) is 30.8 Å². The summed E-state index contributed by atoms with van der Waals surface area (Å²) in [6, 6.07) is 7.16. The summed E-state index contributed by atoms with van der Waals surface area (Å²) in [6.45, 7) is 3.16. The Balaban J connectivity index is 1.53. The number of H-pyrrole nitrogens is 1. The van der Waals surface area contributed by atoms with Crippen LogP contribution in [-0.4, -0.2) is 48.7 Å². The number of ether oxygens (including phenoxy) is 1. The number of nitrogens with zero attached hydrogens (tertiary/aromatic N) is 2. The molecule has 9 nitrogen and oxygen atoms in total. The molecule has 5 rings (SSSR count). The number of rotatable bonds is 6. The van der Waals surface area contributed by atoms with Gasteiger partial charge in [0.2, 0.25) is 5.91 Å². The zero-order valence-corrected chi connectivity index (χ0v) is 19.5. The SMILES string of the molecule is Cc1nc2c(Nc3ccc([C@@H]4CCCOC4)cc3S(C)(=O)=O)cc(NC(=O)C3CC3)nc2[nH]1. The van der Waals surface area contributed by atoms with Crippen LogP contribution < -0.4 is 10.6 Å². The maximum Gasteiger partial charge on any atom is 0.228 e. The number of carbonyl (C=O) groups excluding carboxylic acids is 1. The second kappa shape index (κ2) is 8.42. The molecule has 33 heavy (non-hydrogen) atoms. The molecule has 1 atom stereocenters. The highest BCUT2D eigenvalue weighted by molar-refractivity contribution is 7.90. The lowest BCUT2D eigenvalue weighted by Crippen LogP contribution is -2.16. The maximum absolute atomic E-state index is 12.7. The highest BCUT2D eigenvalue weighted by Crippen LogP contribution is 2.35. The molecule has 1 aliphatic carbocycles. The van der Waals surface area contributed by atoms with Crippen molar-refractivity contribution < 1.29 is 17.9 Å². The summed E-state index contributed by atoms with van der Waals surface area (Å²) in [7, 11) is -3.51. The number of imidazole rings is 1. The summed E-state index contributed by atoms with van der Waals surface area (Å²) in [5.41, 5.74) is 3.05. The van der Waals surface area contributed by atoms with Crippen molar-refractivity contribution in [1.82, 2.24) is 15.0 Å². The fraction of sp³-hybridized carbons (Fsp3) is 0.435. The first-order valence-corrected chi connectivity index (χ1v) is 13.0. The van der Waals surface area contributed by atoms with E-state index in [4.69, 9.17) is 4.74 Å². The highest BCUT2D eigenvalue weighted by atomic mass is 32.2. The van der Waals surface area contributed by atoms with Gasteiger partial charge in [0.05, 0.1) is 22.9 Å². The number of hydrogen-bond donors (Lipinski definition) is 3. The minimum atomic E-state index is -3.51. The Bertz CT molecular complexity index is 1320. The molecule has 10 heteroatoms. The highest BCUT2D eigenvalue weighted by Gasteiger charge is 2.30. The number of anilines is 3. The van der Waals surface area contributed by atoms with Gasteiger partial charge in [0.15, 0.2) is 15.5 Å². The first-order valence-electron chi connectivity index (χ1n) is 11.1. The zero-order valence-electron chi connectivity index (χ0n) is 18.6. The smallest absolute Gasteiger partial charge is 0.228 e. The number of hydrogen-bond acceptors (Lipinski definition) is 7. The fourth-order valence-corrected chi connectivity index (χ4v) is 5.06. The molecule has 1 saturated carbocycles. The molecule has 3 N–H and O–H groups in total. The van der Waals surface area contributed by atoms with Crippen molar-refractivity contribution in [2.24, 2.45) is 5.92 Å². The molecule has 1 aromatic carbocycles. The Morgan fingerprint density at radius 3 is 2.67 bits per heavy atom. The van der Waals surface area contributed by atoms with Crippen LogP contribution in [0.4, 0.5) is 17.2 Å². The monoisotopic (exact) mass is 469 g/mol. The first-order chi connectivity index (χ1) is 15.8. The van der Waals surface area contributed by atoms with Crippen molar-refractivity contribution in [3.8, 4) is 0 Å². The van der Waals surface area contributed by atoms with Crippen LogP contribution in [0.3, 0.4) is 0 Å². The van der Waals surface area contributed by atoms with Gasteiger partial charge < -0.3 is 20.4 Å². The molecule has 1 amide bonds. The van der Waals surface area contributed by atoms with Gasteiger partial charge in [-0.25, -0.2) is 18.4 Å². The Labute approximate surface area is 192 Å². The summed E-state index contributed by atoms with van der Waals surface area (Å²) in [5, 5.41) is 6.10. The minimum Gasteiger partial charge on any atom is -0.381 e. The number of aromatic amines is 1. The van der Waals surface area contributed by atoms with Gasteiger partial charge in [0.25, 0.3) is 0 Å². The van der Waals surface area contributed by atoms with E-state index in [9.17, 15) is 13.2 Å². The number of benzene rings is 1. The molecule has 0 unspecified atom stereocenters. The van der Waals surface area contributed by atoms with Gasteiger partial charge >= 0.3 is 0 Å². The molecule has 174 valence electrons. The van der Waals surface area contributed by atoms with Crippen LogP contribution in [-0.2, 0) is 19.4 Å². The number of amides is 1. The van der Waals surface area contributed by atoms with Gasteiger partial charge in [0.1, 0.15) is 17.2 Å². The number of sulfone groups is 1. The molecule has 2 aliphatic rings. The molecular formula is C23H27N5O4S. The van der Waals surface area contributed by atoms with E-state index in [1.54, 1.807) is 18.2 Å². The molecular weight excluding hydrogens is 442 g/mol. The zero-order chi connectivity index (χ0) is 23.2. The number of carbonyl (C=O) groups is 1. The van der Waals surface area contributed by atoms with Gasteiger partial charge in [-0.05, 0) is 50.3 Å². The normalized spacial score (nSPS) is 18.9. The lowest BCUT2D eigenvalue weighted by molar-refractivity contribution is -0.117. The standard InChI is InChI=1S/C23H27N5O4S/c1-13-24-21-18(11-20(27-22(21)25-13)28-23(29)14-5-6-14)26-17-8-7-15(10-19(17)33(2,30)31)16-4-3-9-32-12-16/h7-8,10-11,14,16H,3-6,9,12H2,1-2H3,(H3,24,25,26,27,28,29)/t16-/m1/s1. The number of nitrogens with one attached hydrogen (secondary N) is 3. The van der Waals surface area contributed by atoms with Gasteiger partial charge in [-0.1, -0.05) is 6.07 Å². The molecule has 2 fully saturated rings. The van der Waals surface area contributed by atoms with Gasteiger partial charge in [-0.3, -0.25) is 4.79 Å². The van der Waals surface area contributed by atoms with Crippen molar-refractivity contribution in [1.29, 1.82) is 0 Å². The van der Waals surface area contributed by atoms with Crippen molar-refractivity contribution in [2.45, 2.75) is 43.4 Å². The summed E-state index contributed by atoms with van der Waals surface area (Å²) < 4.78 is 30.9.